The fourth-order valence-electron chi connectivity index (χ4n) is 5.24. The van der Waals surface area contributed by atoms with Gasteiger partial charge in [0, 0.05) is 18.3 Å². The van der Waals surface area contributed by atoms with Gasteiger partial charge >= 0.3 is 17.9 Å². The van der Waals surface area contributed by atoms with E-state index >= 15 is 0 Å². The van der Waals surface area contributed by atoms with Crippen LogP contribution in [-0.2, 0) is 68.4 Å². The topological polar surface area (TPSA) is 220 Å². The number of Topliss-reactive ketones (excluding diaryl/α,β-unsaturated/α-hetero) is 1. The molecule has 3 saturated heterocycles. The van der Waals surface area contributed by atoms with Crippen molar-refractivity contribution in [2.45, 2.75) is 108 Å². The van der Waals surface area contributed by atoms with Crippen LogP contribution >= 0.6 is 0 Å². The van der Waals surface area contributed by atoms with E-state index in [0.29, 0.717) is 5.56 Å². The van der Waals surface area contributed by atoms with Crippen molar-refractivity contribution in [3.05, 3.63) is 46.3 Å². The third kappa shape index (κ3) is 8.77. The number of rotatable bonds is 13. The van der Waals surface area contributed by atoms with Crippen LogP contribution in [-0.4, -0.2) is 110 Å². The summed E-state index contributed by atoms with van der Waals surface area (Å²) in [5, 5.41) is 15.1. The maximum absolute atomic E-state index is 12.9. The number of carbonyl (C=O) groups excluding carboxylic acids is 4. The van der Waals surface area contributed by atoms with Crippen molar-refractivity contribution in [3.8, 4) is 0 Å². The number of ether oxygens (including phenoxy) is 9. The van der Waals surface area contributed by atoms with E-state index in [4.69, 9.17) is 42.6 Å². The van der Waals surface area contributed by atoms with Gasteiger partial charge in [0.25, 0.3) is 0 Å². The Kier molecular flexibility index (Phi) is 12.4. The minimum absolute atomic E-state index is 0.0514. The Morgan fingerprint density at radius 1 is 1.00 bits per heavy atom. The lowest BCUT2D eigenvalue weighted by Gasteiger charge is -2.46. The normalized spacial score (nSPS) is 33.6. The van der Waals surface area contributed by atoms with Crippen LogP contribution in [0.25, 0.3) is 10.4 Å². The van der Waals surface area contributed by atoms with Crippen molar-refractivity contribution < 1.29 is 66.9 Å². The number of aliphatic hydroxyl groups is 1. The van der Waals surface area contributed by atoms with Crippen LogP contribution in [0.1, 0.15) is 39.2 Å². The van der Waals surface area contributed by atoms with Gasteiger partial charge in [-0.05, 0) is 24.9 Å². The summed E-state index contributed by atoms with van der Waals surface area (Å²) in [6, 6.07) is 7.51. The summed E-state index contributed by atoms with van der Waals surface area (Å²) in [7, 11) is 1.11. The summed E-state index contributed by atoms with van der Waals surface area (Å²) < 4.78 is 51.1. The molecule has 0 bridgehead atoms. The second kappa shape index (κ2) is 16.2. The lowest BCUT2D eigenvalue weighted by molar-refractivity contribution is -0.325. The summed E-state index contributed by atoms with van der Waals surface area (Å²) in [5.41, 5.74) is 10.3. The Morgan fingerprint density at radius 3 is 2.39 bits per heavy atom. The molecule has 0 spiro atoms. The summed E-state index contributed by atoms with van der Waals surface area (Å²) in [6.45, 7) is 3.55. The molecule has 0 amide bonds. The van der Waals surface area contributed by atoms with Crippen LogP contribution in [0.4, 0.5) is 0 Å². The molecule has 3 aliphatic rings. The van der Waals surface area contributed by atoms with Gasteiger partial charge in [0.05, 0.1) is 20.1 Å². The van der Waals surface area contributed by atoms with Crippen LogP contribution in [0, 0.1) is 0 Å². The van der Waals surface area contributed by atoms with E-state index in [0.717, 1.165) is 14.0 Å². The van der Waals surface area contributed by atoms with Crippen molar-refractivity contribution in [2.75, 3.05) is 13.7 Å². The Balaban J connectivity index is 1.70. The largest absolute Gasteiger partial charge is 0.467 e. The zero-order chi connectivity index (χ0) is 33.4. The number of methoxy groups -OCH3 is 1. The SMILES string of the molecule is COC(=O)[C@@H]1O[C@@H]2O[C@@H](C)O[C@@H]2[C@@H](O)[C@@H]1O[C@H]1O[C@H](COC(C)=O)[C@@H](OC(=O)CCC(C)=O)[C@H](OCc2ccccc2)[C@H]1N=[N+]=[N-]. The number of hydrogen-bond donors (Lipinski definition) is 1. The van der Waals surface area contributed by atoms with E-state index in [1.165, 1.54) is 6.92 Å². The van der Waals surface area contributed by atoms with Crippen LogP contribution < -0.4 is 0 Å². The first kappa shape index (κ1) is 35.2. The van der Waals surface area contributed by atoms with Crippen LogP contribution in [0.5, 0.6) is 0 Å². The number of azide groups is 1. The van der Waals surface area contributed by atoms with Gasteiger partial charge < -0.3 is 52.5 Å². The lowest BCUT2D eigenvalue weighted by Crippen LogP contribution is -2.65. The third-order valence-corrected chi connectivity index (χ3v) is 7.40. The van der Waals surface area contributed by atoms with E-state index in [2.05, 4.69) is 10.0 Å². The van der Waals surface area contributed by atoms with Crippen LogP contribution in [0.3, 0.4) is 0 Å². The van der Waals surface area contributed by atoms with Gasteiger partial charge in [0.1, 0.15) is 49.0 Å². The first-order chi connectivity index (χ1) is 22.0. The molecule has 11 atom stereocenters. The van der Waals surface area contributed by atoms with Gasteiger partial charge in [0.2, 0.25) is 0 Å². The summed E-state index contributed by atoms with van der Waals surface area (Å²) in [5.74, 6) is -2.62. The van der Waals surface area contributed by atoms with E-state index < -0.39 is 92.2 Å². The second-order valence-corrected chi connectivity index (χ2v) is 10.8. The molecule has 0 aromatic heterocycles. The van der Waals surface area contributed by atoms with Gasteiger partial charge in [-0.2, -0.15) is 0 Å². The molecule has 0 aliphatic carbocycles. The number of ketones is 1. The van der Waals surface area contributed by atoms with Crippen molar-refractivity contribution in [2.24, 2.45) is 5.11 Å². The number of aliphatic hydroxyl groups excluding tert-OH is 1. The molecular formula is C29H37N3O14. The Morgan fingerprint density at radius 2 is 1.74 bits per heavy atom. The number of fused-ring (bicyclic) bond motifs is 1. The number of nitrogens with zero attached hydrogens (tertiary/aromatic N) is 3. The maximum atomic E-state index is 12.9. The molecule has 0 saturated carbocycles. The molecule has 46 heavy (non-hydrogen) atoms. The molecule has 17 heteroatoms. The monoisotopic (exact) mass is 651 g/mol. The standard InChI is InChI=1S/C29H37N3O14/c1-14(33)10-11-19(35)44-22-18(13-39-15(2)34)43-28(20(31-32-30)23(22)40-12-17-8-6-5-7-9-17)45-24-21(36)25-29(42-16(3)41-25)46-26(24)27(37)38-4/h5-9,16,18,20-26,28-29,36H,10-13H2,1-4H3/t16-,18+,20+,21-,22+,23+,24-,25+,26+,28+,29-/m0/s1. The predicted octanol–water partition coefficient (Wildman–Crippen LogP) is 1.23. The lowest BCUT2D eigenvalue weighted by atomic mass is 9.95. The first-order valence-electron chi connectivity index (χ1n) is 14.6. The molecule has 1 N–H and O–H groups in total. The number of esters is 3. The molecule has 1 aromatic carbocycles. The van der Waals surface area contributed by atoms with Crippen molar-refractivity contribution >= 4 is 23.7 Å². The minimum Gasteiger partial charge on any atom is -0.467 e. The van der Waals surface area contributed by atoms with Gasteiger partial charge in [-0.3, -0.25) is 9.59 Å². The second-order valence-electron chi connectivity index (χ2n) is 10.8. The van der Waals surface area contributed by atoms with Crippen molar-refractivity contribution in [1.82, 2.24) is 0 Å². The average Bonchev–Trinajstić information content (AvgIpc) is 3.41. The number of benzene rings is 1. The third-order valence-electron chi connectivity index (χ3n) is 7.40. The molecule has 3 heterocycles. The molecule has 1 aromatic rings. The molecular weight excluding hydrogens is 614 g/mol. The highest BCUT2D eigenvalue weighted by Gasteiger charge is 2.57. The van der Waals surface area contributed by atoms with Gasteiger partial charge in [0.15, 0.2) is 31.1 Å². The summed E-state index contributed by atoms with van der Waals surface area (Å²) >= 11 is 0. The molecule has 252 valence electrons. The van der Waals surface area contributed by atoms with E-state index in [1.807, 2.05) is 0 Å². The van der Waals surface area contributed by atoms with Crippen molar-refractivity contribution in [1.29, 1.82) is 0 Å². The highest BCUT2D eigenvalue weighted by atomic mass is 16.8. The maximum Gasteiger partial charge on any atom is 0.337 e. The molecule has 4 rings (SSSR count). The summed E-state index contributed by atoms with van der Waals surface area (Å²) in [4.78, 5) is 51.9. The average molecular weight is 652 g/mol. The first-order valence-corrected chi connectivity index (χ1v) is 14.6. The van der Waals surface area contributed by atoms with Gasteiger partial charge in [-0.25, -0.2) is 4.79 Å². The fraction of sp³-hybridized carbons (Fsp3) is 0.655. The molecule has 0 unspecified atom stereocenters. The molecule has 17 nitrogen and oxygen atoms in total. The predicted molar refractivity (Wildman–Crippen MR) is 150 cm³/mol. The minimum atomic E-state index is -1.59. The van der Waals surface area contributed by atoms with Gasteiger partial charge in [-0.1, -0.05) is 35.4 Å². The van der Waals surface area contributed by atoms with E-state index in [-0.39, 0.29) is 25.2 Å². The van der Waals surface area contributed by atoms with Crippen LogP contribution in [0.2, 0.25) is 0 Å². The highest BCUT2D eigenvalue weighted by Crippen LogP contribution is 2.37. The number of hydrogen-bond acceptors (Lipinski definition) is 15. The quantitative estimate of drug-likeness (QED) is 0.104. The van der Waals surface area contributed by atoms with Crippen LogP contribution in [0.15, 0.2) is 35.4 Å². The Bertz CT molecular complexity index is 1280. The van der Waals surface area contributed by atoms with Gasteiger partial charge in [-0.15, -0.1) is 0 Å². The Hall–Kier alpha value is -3.67. The summed E-state index contributed by atoms with van der Waals surface area (Å²) in [6.07, 6.45) is -13.4. The zero-order valence-corrected chi connectivity index (χ0v) is 25.7. The zero-order valence-electron chi connectivity index (χ0n) is 25.7. The molecule has 0 radical (unpaired) electrons. The van der Waals surface area contributed by atoms with E-state index in [9.17, 15) is 29.8 Å². The Labute approximate surface area is 263 Å². The molecule has 3 aliphatic heterocycles. The smallest absolute Gasteiger partial charge is 0.337 e. The molecule has 3 fully saturated rings. The van der Waals surface area contributed by atoms with Crippen molar-refractivity contribution in [3.63, 3.8) is 0 Å². The number of carbonyl (C=O) groups is 4. The highest BCUT2D eigenvalue weighted by molar-refractivity contribution is 5.81. The fourth-order valence-corrected chi connectivity index (χ4v) is 5.24. The van der Waals surface area contributed by atoms with E-state index in [1.54, 1.807) is 37.3 Å².